The normalized spacial score (nSPS) is 11.0. The van der Waals surface area contributed by atoms with Crippen molar-refractivity contribution in [3.63, 3.8) is 0 Å². The summed E-state index contributed by atoms with van der Waals surface area (Å²) in [5.74, 6) is 0.829. The van der Waals surface area contributed by atoms with Gasteiger partial charge in [-0.05, 0) is 37.6 Å². The van der Waals surface area contributed by atoms with Crippen LogP contribution in [0.5, 0.6) is 5.75 Å². The van der Waals surface area contributed by atoms with Gasteiger partial charge in [0.2, 0.25) is 0 Å². The zero-order valence-corrected chi connectivity index (χ0v) is 13.0. The van der Waals surface area contributed by atoms with E-state index in [0.29, 0.717) is 6.54 Å². The number of benzene rings is 2. The van der Waals surface area contributed by atoms with Gasteiger partial charge in [0.1, 0.15) is 5.75 Å². The first-order chi connectivity index (χ1) is 10.2. The molecule has 2 aromatic rings. The summed E-state index contributed by atoms with van der Waals surface area (Å²) in [6.07, 6.45) is 1.89. The summed E-state index contributed by atoms with van der Waals surface area (Å²) in [7, 11) is 0. The first-order valence-electron chi connectivity index (χ1n) is 6.92. The molecule has 0 saturated carbocycles. The number of halogens is 1. The Balaban J connectivity index is 1.97. The fourth-order valence-electron chi connectivity index (χ4n) is 1.84. The maximum atomic E-state index is 6.09. The molecule has 0 aliphatic carbocycles. The number of hydrazone groups is 1. The summed E-state index contributed by atoms with van der Waals surface area (Å²) in [5, 5.41) is 4.97. The summed E-state index contributed by atoms with van der Waals surface area (Å²) in [6.45, 7) is 4.59. The van der Waals surface area contributed by atoms with Crippen molar-refractivity contribution >= 4 is 17.8 Å². The van der Waals surface area contributed by atoms with E-state index in [0.717, 1.165) is 21.9 Å². The van der Waals surface area contributed by atoms with Crippen molar-refractivity contribution < 1.29 is 4.74 Å². The van der Waals surface area contributed by atoms with E-state index in [1.54, 1.807) is 6.21 Å². The van der Waals surface area contributed by atoms with E-state index in [1.807, 2.05) is 62.4 Å². The molecular formula is C17H19ClN2O. The molecule has 0 heterocycles. The molecule has 1 N–H and O–H groups in total. The molecule has 21 heavy (non-hydrogen) atoms. The van der Waals surface area contributed by atoms with Crippen LogP contribution in [-0.2, 0) is 6.54 Å². The smallest absolute Gasteiger partial charge is 0.128 e. The van der Waals surface area contributed by atoms with Crippen molar-refractivity contribution in [3.05, 3.63) is 64.7 Å². The van der Waals surface area contributed by atoms with E-state index < -0.39 is 0 Å². The van der Waals surface area contributed by atoms with Gasteiger partial charge in [-0.25, -0.2) is 0 Å². The van der Waals surface area contributed by atoms with Crippen LogP contribution >= 0.6 is 11.6 Å². The molecule has 0 bridgehead atoms. The number of hydrogen-bond acceptors (Lipinski definition) is 3. The lowest BCUT2D eigenvalue weighted by Crippen LogP contribution is -2.09. The summed E-state index contributed by atoms with van der Waals surface area (Å²) >= 11 is 6.09. The second-order valence-corrected chi connectivity index (χ2v) is 5.30. The second-order valence-electron chi connectivity index (χ2n) is 4.89. The van der Waals surface area contributed by atoms with Gasteiger partial charge < -0.3 is 10.2 Å². The van der Waals surface area contributed by atoms with Crippen LogP contribution in [0.25, 0.3) is 0 Å². The topological polar surface area (TPSA) is 33.6 Å². The first-order valence-corrected chi connectivity index (χ1v) is 7.29. The minimum absolute atomic E-state index is 0.135. The second kappa shape index (κ2) is 7.70. The Hall–Kier alpha value is -2.00. The van der Waals surface area contributed by atoms with Gasteiger partial charge in [-0.3, -0.25) is 0 Å². The quantitative estimate of drug-likeness (QED) is 0.639. The van der Waals surface area contributed by atoms with Gasteiger partial charge in [0.15, 0.2) is 0 Å². The van der Waals surface area contributed by atoms with Crippen molar-refractivity contribution in [2.45, 2.75) is 26.5 Å². The lowest BCUT2D eigenvalue weighted by molar-refractivity contribution is 0.242. The Morgan fingerprint density at radius 1 is 1.14 bits per heavy atom. The van der Waals surface area contributed by atoms with Crippen LogP contribution in [0.2, 0.25) is 5.02 Å². The lowest BCUT2D eigenvalue weighted by atomic mass is 10.2. The fourth-order valence-corrected chi connectivity index (χ4v) is 2.04. The Morgan fingerprint density at radius 3 is 2.62 bits per heavy atom. The molecule has 0 aliphatic heterocycles. The molecule has 2 rings (SSSR count). The first kappa shape index (κ1) is 15.4. The minimum Gasteiger partial charge on any atom is -0.490 e. The van der Waals surface area contributed by atoms with Gasteiger partial charge in [-0.15, -0.1) is 0 Å². The SMILES string of the molecule is CC(C)Oc1ccccc1/C=N\NCc1ccccc1Cl. The highest BCUT2D eigenvalue weighted by Gasteiger charge is 2.02. The van der Waals surface area contributed by atoms with Crippen LogP contribution in [-0.4, -0.2) is 12.3 Å². The van der Waals surface area contributed by atoms with Gasteiger partial charge in [0.25, 0.3) is 0 Å². The third-order valence-electron chi connectivity index (χ3n) is 2.80. The number of ether oxygens (including phenoxy) is 1. The lowest BCUT2D eigenvalue weighted by Gasteiger charge is -2.11. The van der Waals surface area contributed by atoms with E-state index in [-0.39, 0.29) is 6.10 Å². The number of nitrogens with zero attached hydrogens (tertiary/aromatic N) is 1. The predicted octanol–water partition coefficient (Wildman–Crippen LogP) is 4.25. The van der Waals surface area contributed by atoms with E-state index >= 15 is 0 Å². The maximum absolute atomic E-state index is 6.09. The van der Waals surface area contributed by atoms with Gasteiger partial charge in [-0.2, -0.15) is 5.10 Å². The van der Waals surface area contributed by atoms with Crippen LogP contribution in [0.1, 0.15) is 25.0 Å². The summed E-state index contributed by atoms with van der Waals surface area (Å²) in [5.41, 5.74) is 4.96. The van der Waals surface area contributed by atoms with E-state index in [4.69, 9.17) is 16.3 Å². The van der Waals surface area contributed by atoms with Crippen LogP contribution < -0.4 is 10.2 Å². The summed E-state index contributed by atoms with van der Waals surface area (Å²) in [4.78, 5) is 0. The van der Waals surface area contributed by atoms with Crippen molar-refractivity contribution in [2.24, 2.45) is 5.10 Å². The van der Waals surface area contributed by atoms with Gasteiger partial charge in [-0.1, -0.05) is 41.9 Å². The molecule has 0 radical (unpaired) electrons. The average Bonchev–Trinajstić information content (AvgIpc) is 2.46. The van der Waals surface area contributed by atoms with Crippen molar-refractivity contribution in [3.8, 4) is 5.75 Å². The highest BCUT2D eigenvalue weighted by atomic mass is 35.5. The minimum atomic E-state index is 0.135. The van der Waals surface area contributed by atoms with Crippen LogP contribution in [0.15, 0.2) is 53.6 Å². The third kappa shape index (κ3) is 4.80. The molecule has 0 spiro atoms. The largest absolute Gasteiger partial charge is 0.490 e. The van der Waals surface area contributed by atoms with Crippen LogP contribution in [0, 0.1) is 0 Å². The molecule has 0 aromatic heterocycles. The van der Waals surface area contributed by atoms with Gasteiger partial charge in [0, 0.05) is 10.6 Å². The monoisotopic (exact) mass is 302 g/mol. The Morgan fingerprint density at radius 2 is 1.86 bits per heavy atom. The molecule has 0 amide bonds. The number of para-hydroxylation sites is 1. The number of nitrogens with one attached hydrogen (secondary N) is 1. The van der Waals surface area contributed by atoms with Crippen LogP contribution in [0.4, 0.5) is 0 Å². The van der Waals surface area contributed by atoms with E-state index in [9.17, 15) is 0 Å². The maximum Gasteiger partial charge on any atom is 0.128 e. The van der Waals surface area contributed by atoms with Crippen molar-refractivity contribution in [1.29, 1.82) is 0 Å². The van der Waals surface area contributed by atoms with Crippen molar-refractivity contribution in [2.75, 3.05) is 0 Å². The van der Waals surface area contributed by atoms with Gasteiger partial charge in [0.05, 0.1) is 18.9 Å². The number of rotatable bonds is 6. The standard InChI is InChI=1S/C17H19ClN2O/c1-13(2)21-17-10-6-4-8-15(17)12-20-19-11-14-7-3-5-9-16(14)18/h3-10,12-13,19H,11H2,1-2H3/b20-12-. The molecule has 4 heteroatoms. The summed E-state index contributed by atoms with van der Waals surface area (Å²) < 4.78 is 5.74. The average molecular weight is 303 g/mol. The van der Waals surface area contributed by atoms with Crippen molar-refractivity contribution in [1.82, 2.24) is 5.43 Å². The van der Waals surface area contributed by atoms with Gasteiger partial charge >= 0.3 is 0 Å². The molecule has 0 fully saturated rings. The third-order valence-corrected chi connectivity index (χ3v) is 3.17. The molecule has 0 unspecified atom stereocenters. The Kier molecular flexibility index (Phi) is 5.64. The molecule has 0 saturated heterocycles. The zero-order valence-electron chi connectivity index (χ0n) is 12.2. The highest BCUT2D eigenvalue weighted by Crippen LogP contribution is 2.17. The Labute approximate surface area is 130 Å². The molecular weight excluding hydrogens is 284 g/mol. The molecule has 3 nitrogen and oxygen atoms in total. The zero-order chi connectivity index (χ0) is 15.1. The van der Waals surface area contributed by atoms with E-state index in [2.05, 4.69) is 10.5 Å². The molecule has 0 atom stereocenters. The Bertz CT molecular complexity index is 611. The van der Waals surface area contributed by atoms with E-state index in [1.165, 1.54) is 0 Å². The summed E-state index contributed by atoms with van der Waals surface area (Å²) in [6, 6.07) is 15.5. The molecule has 2 aromatic carbocycles. The highest BCUT2D eigenvalue weighted by molar-refractivity contribution is 6.31. The molecule has 110 valence electrons. The number of hydrogen-bond donors (Lipinski definition) is 1. The fraction of sp³-hybridized carbons (Fsp3) is 0.235. The molecule has 0 aliphatic rings. The van der Waals surface area contributed by atoms with Crippen LogP contribution in [0.3, 0.4) is 0 Å². The predicted molar refractivity (Wildman–Crippen MR) is 88.1 cm³/mol.